The van der Waals surface area contributed by atoms with E-state index in [1.807, 2.05) is 0 Å². The molecular formula is C16H25N3. The van der Waals surface area contributed by atoms with Gasteiger partial charge in [-0.3, -0.25) is 0 Å². The maximum atomic E-state index is 3.42. The zero-order chi connectivity index (χ0) is 13.1. The van der Waals surface area contributed by atoms with E-state index in [2.05, 4.69) is 40.4 Å². The topological polar surface area (TPSA) is 18.5 Å². The molecule has 1 N–H and O–H groups in total. The third-order valence-electron chi connectivity index (χ3n) is 4.49. The molecule has 0 unspecified atom stereocenters. The van der Waals surface area contributed by atoms with E-state index >= 15 is 0 Å². The van der Waals surface area contributed by atoms with Gasteiger partial charge in [0.15, 0.2) is 0 Å². The lowest BCUT2D eigenvalue weighted by atomic mass is 9.95. The van der Waals surface area contributed by atoms with E-state index in [0.717, 1.165) is 13.1 Å². The zero-order valence-electron chi connectivity index (χ0n) is 12.0. The van der Waals surface area contributed by atoms with Crippen LogP contribution in [-0.2, 0) is 12.8 Å². The van der Waals surface area contributed by atoms with E-state index in [1.54, 1.807) is 11.1 Å². The first-order valence-corrected chi connectivity index (χ1v) is 7.59. The van der Waals surface area contributed by atoms with E-state index in [1.165, 1.54) is 51.1 Å². The first kappa shape index (κ1) is 12.9. The Morgan fingerprint density at radius 2 is 2.00 bits per heavy atom. The molecule has 2 aliphatic heterocycles. The summed E-state index contributed by atoms with van der Waals surface area (Å²) < 4.78 is 0. The smallest absolute Gasteiger partial charge is 0.0398 e. The molecule has 0 spiro atoms. The van der Waals surface area contributed by atoms with Crippen LogP contribution in [0.3, 0.4) is 0 Å². The van der Waals surface area contributed by atoms with Crippen molar-refractivity contribution in [3.05, 3.63) is 29.3 Å². The van der Waals surface area contributed by atoms with Crippen LogP contribution in [-0.4, -0.2) is 51.2 Å². The Balaban J connectivity index is 1.69. The molecule has 0 saturated carbocycles. The van der Waals surface area contributed by atoms with Crippen molar-refractivity contribution in [3.8, 4) is 0 Å². The summed E-state index contributed by atoms with van der Waals surface area (Å²) in [7, 11) is 2.22. The van der Waals surface area contributed by atoms with Gasteiger partial charge in [0.05, 0.1) is 0 Å². The van der Waals surface area contributed by atoms with E-state index < -0.39 is 0 Å². The van der Waals surface area contributed by atoms with Crippen LogP contribution in [0.1, 0.15) is 17.5 Å². The van der Waals surface area contributed by atoms with E-state index in [4.69, 9.17) is 0 Å². The number of rotatable bonds is 3. The molecule has 3 nitrogen and oxygen atoms in total. The Labute approximate surface area is 116 Å². The fourth-order valence-electron chi connectivity index (χ4n) is 3.33. The van der Waals surface area contributed by atoms with Gasteiger partial charge in [-0.15, -0.1) is 0 Å². The molecular weight excluding hydrogens is 234 g/mol. The summed E-state index contributed by atoms with van der Waals surface area (Å²) in [6.07, 6.45) is 3.77. The highest BCUT2D eigenvalue weighted by atomic mass is 15.2. The van der Waals surface area contributed by atoms with Crippen molar-refractivity contribution in [3.63, 3.8) is 0 Å². The number of hydrogen-bond acceptors (Lipinski definition) is 3. The van der Waals surface area contributed by atoms with Gasteiger partial charge in [0, 0.05) is 52.0 Å². The van der Waals surface area contributed by atoms with Crippen LogP contribution in [0.15, 0.2) is 18.2 Å². The van der Waals surface area contributed by atoms with Crippen molar-refractivity contribution >= 4 is 5.69 Å². The highest BCUT2D eigenvalue weighted by molar-refractivity contribution is 5.58. The summed E-state index contributed by atoms with van der Waals surface area (Å²) in [4.78, 5) is 5.00. The van der Waals surface area contributed by atoms with Crippen LogP contribution in [0.2, 0.25) is 0 Å². The lowest BCUT2D eigenvalue weighted by molar-refractivity contribution is 0.243. The Bertz CT molecular complexity index is 424. The second kappa shape index (κ2) is 5.93. The number of nitrogens with zero attached hydrogens (tertiary/aromatic N) is 2. The van der Waals surface area contributed by atoms with E-state index in [0.29, 0.717) is 0 Å². The Morgan fingerprint density at radius 3 is 2.84 bits per heavy atom. The average Bonchev–Trinajstić information content (AvgIpc) is 2.47. The number of fused-ring (bicyclic) bond motifs is 1. The molecule has 2 aliphatic rings. The predicted molar refractivity (Wildman–Crippen MR) is 81.0 cm³/mol. The molecule has 0 radical (unpaired) electrons. The summed E-state index contributed by atoms with van der Waals surface area (Å²) >= 11 is 0. The van der Waals surface area contributed by atoms with Crippen molar-refractivity contribution < 1.29 is 0 Å². The normalized spacial score (nSPS) is 20.4. The monoisotopic (exact) mass is 259 g/mol. The fraction of sp³-hybridized carbons (Fsp3) is 0.625. The van der Waals surface area contributed by atoms with Gasteiger partial charge in [0.2, 0.25) is 0 Å². The summed E-state index contributed by atoms with van der Waals surface area (Å²) in [6.45, 7) is 7.12. The third kappa shape index (κ3) is 2.93. The fourth-order valence-corrected chi connectivity index (χ4v) is 3.33. The molecule has 1 fully saturated rings. The van der Waals surface area contributed by atoms with Gasteiger partial charge in [-0.2, -0.15) is 0 Å². The molecule has 3 heteroatoms. The first-order valence-electron chi connectivity index (χ1n) is 7.59. The highest BCUT2D eigenvalue weighted by Crippen LogP contribution is 2.29. The molecule has 0 bridgehead atoms. The largest absolute Gasteiger partial charge is 0.374 e. The Hall–Kier alpha value is -1.06. The molecule has 0 aliphatic carbocycles. The van der Waals surface area contributed by atoms with Crippen molar-refractivity contribution in [1.29, 1.82) is 0 Å². The number of hydrogen-bond donors (Lipinski definition) is 1. The minimum atomic E-state index is 1.15. The third-order valence-corrected chi connectivity index (χ3v) is 4.49. The molecule has 2 heterocycles. The van der Waals surface area contributed by atoms with Gasteiger partial charge < -0.3 is 15.1 Å². The first-order chi connectivity index (χ1) is 9.34. The summed E-state index contributed by atoms with van der Waals surface area (Å²) in [5.74, 6) is 0. The predicted octanol–water partition coefficient (Wildman–Crippen LogP) is 1.52. The van der Waals surface area contributed by atoms with Gasteiger partial charge >= 0.3 is 0 Å². The molecule has 3 rings (SSSR count). The molecule has 1 saturated heterocycles. The minimum absolute atomic E-state index is 1.15. The molecule has 1 aromatic carbocycles. The van der Waals surface area contributed by atoms with Crippen LogP contribution in [0.25, 0.3) is 0 Å². The maximum absolute atomic E-state index is 3.42. The molecule has 104 valence electrons. The summed E-state index contributed by atoms with van der Waals surface area (Å²) in [5.41, 5.74) is 4.64. The lowest BCUT2D eigenvalue weighted by Gasteiger charge is -2.30. The number of piperazine rings is 1. The highest BCUT2D eigenvalue weighted by Gasteiger charge is 2.17. The lowest BCUT2D eigenvalue weighted by Crippen LogP contribution is -2.44. The molecule has 0 atom stereocenters. The van der Waals surface area contributed by atoms with Crippen LogP contribution >= 0.6 is 0 Å². The van der Waals surface area contributed by atoms with Gasteiger partial charge in [0.25, 0.3) is 0 Å². The standard InChI is InChI=1S/C16H25N3/c1-18-10-3-5-15-14(4-2-6-16(15)18)7-11-19-12-8-17-9-13-19/h2,4,6,17H,3,5,7-13H2,1H3. The van der Waals surface area contributed by atoms with Gasteiger partial charge in [-0.25, -0.2) is 0 Å². The average molecular weight is 259 g/mol. The minimum Gasteiger partial charge on any atom is -0.374 e. The van der Waals surface area contributed by atoms with Crippen LogP contribution in [0.4, 0.5) is 5.69 Å². The quantitative estimate of drug-likeness (QED) is 0.888. The number of anilines is 1. The van der Waals surface area contributed by atoms with Crippen LogP contribution in [0, 0.1) is 0 Å². The molecule has 0 amide bonds. The van der Waals surface area contributed by atoms with Crippen molar-refractivity contribution in [2.75, 3.05) is 51.2 Å². The second-order valence-electron chi connectivity index (χ2n) is 5.78. The van der Waals surface area contributed by atoms with Crippen molar-refractivity contribution in [2.24, 2.45) is 0 Å². The van der Waals surface area contributed by atoms with Crippen LogP contribution < -0.4 is 10.2 Å². The summed E-state index contributed by atoms with van der Waals surface area (Å²) in [5, 5.41) is 3.42. The molecule has 1 aromatic rings. The molecule has 19 heavy (non-hydrogen) atoms. The van der Waals surface area contributed by atoms with Crippen molar-refractivity contribution in [1.82, 2.24) is 10.2 Å². The Morgan fingerprint density at radius 1 is 1.16 bits per heavy atom. The zero-order valence-corrected chi connectivity index (χ0v) is 12.0. The molecule has 0 aromatic heterocycles. The number of benzene rings is 1. The van der Waals surface area contributed by atoms with Crippen molar-refractivity contribution in [2.45, 2.75) is 19.3 Å². The number of nitrogens with one attached hydrogen (secondary N) is 1. The second-order valence-corrected chi connectivity index (χ2v) is 5.78. The van der Waals surface area contributed by atoms with E-state index in [9.17, 15) is 0 Å². The maximum Gasteiger partial charge on any atom is 0.0398 e. The van der Waals surface area contributed by atoms with Gasteiger partial charge in [-0.05, 0) is 36.5 Å². The Kier molecular flexibility index (Phi) is 4.04. The summed E-state index contributed by atoms with van der Waals surface area (Å²) in [6, 6.07) is 6.84. The van der Waals surface area contributed by atoms with Gasteiger partial charge in [0.1, 0.15) is 0 Å². The van der Waals surface area contributed by atoms with Gasteiger partial charge in [-0.1, -0.05) is 12.1 Å². The van der Waals surface area contributed by atoms with Crippen LogP contribution in [0.5, 0.6) is 0 Å². The van der Waals surface area contributed by atoms with E-state index in [-0.39, 0.29) is 0 Å². The SMILES string of the molecule is CN1CCCc2c(CCN3CCNCC3)cccc21.